The van der Waals surface area contributed by atoms with E-state index in [2.05, 4.69) is 61.9 Å². The summed E-state index contributed by atoms with van der Waals surface area (Å²) in [6.45, 7) is 1.00. The van der Waals surface area contributed by atoms with E-state index in [-0.39, 0.29) is 13.2 Å². The number of methoxy groups -OCH3 is 1. The third-order valence-electron chi connectivity index (χ3n) is 5.09. The number of hydrogen-bond acceptors (Lipinski definition) is 6. The van der Waals surface area contributed by atoms with Gasteiger partial charge in [-0.15, -0.1) is 0 Å². The van der Waals surface area contributed by atoms with E-state index in [9.17, 15) is 4.79 Å². The van der Waals surface area contributed by atoms with Crippen molar-refractivity contribution in [1.82, 2.24) is 9.97 Å². The molecule has 3 N–H and O–H groups in total. The minimum absolute atomic E-state index is 0.0927. The second-order valence-electron chi connectivity index (χ2n) is 7.34. The van der Waals surface area contributed by atoms with Crippen molar-refractivity contribution < 1.29 is 14.3 Å². The highest BCUT2D eigenvalue weighted by molar-refractivity contribution is 5.83. The van der Waals surface area contributed by atoms with E-state index in [0.29, 0.717) is 0 Å². The highest BCUT2D eigenvalue weighted by Crippen LogP contribution is 2.21. The lowest BCUT2D eigenvalue weighted by Crippen LogP contribution is -2.10. The van der Waals surface area contributed by atoms with Crippen molar-refractivity contribution in [2.24, 2.45) is 0 Å². The zero-order valence-corrected chi connectivity index (χ0v) is 17.9. The molecule has 0 unspecified atom stereocenters. The summed E-state index contributed by atoms with van der Waals surface area (Å²) in [7, 11) is 1.33. The number of para-hydroxylation sites is 1. The van der Waals surface area contributed by atoms with Crippen LogP contribution in [-0.2, 0) is 27.3 Å². The molecule has 2 heterocycles. The fraction of sp³-hybridized carbons (Fsp3) is 0.200. The van der Waals surface area contributed by atoms with Gasteiger partial charge in [-0.1, -0.05) is 18.2 Å². The standard InChI is InChI=1S/C25H26N4O3/c1-31-25(30)17-32-16-22-14-21(11-13-27-22)29-20-8-6-19(7-9-20)26-12-10-18-15-28-24-5-3-2-4-23(18)24/h2-9,11,13-15,26,28H,10,12,16-17H2,1H3,(H,27,29). The van der Waals surface area contributed by atoms with E-state index < -0.39 is 5.97 Å². The highest BCUT2D eigenvalue weighted by Gasteiger charge is 2.04. The quantitative estimate of drug-likeness (QED) is 0.318. The van der Waals surface area contributed by atoms with Gasteiger partial charge in [0.15, 0.2) is 0 Å². The lowest BCUT2D eigenvalue weighted by atomic mass is 10.1. The van der Waals surface area contributed by atoms with E-state index in [1.165, 1.54) is 23.6 Å². The number of rotatable bonds is 10. The van der Waals surface area contributed by atoms with Crippen LogP contribution in [0.2, 0.25) is 0 Å². The van der Waals surface area contributed by atoms with Gasteiger partial charge in [-0.2, -0.15) is 0 Å². The zero-order chi connectivity index (χ0) is 22.2. The predicted molar refractivity (Wildman–Crippen MR) is 126 cm³/mol. The summed E-state index contributed by atoms with van der Waals surface area (Å²) < 4.78 is 9.86. The molecule has 0 saturated heterocycles. The van der Waals surface area contributed by atoms with Crippen LogP contribution in [-0.4, -0.2) is 36.2 Å². The number of pyridine rings is 1. The number of fused-ring (bicyclic) bond motifs is 1. The van der Waals surface area contributed by atoms with Crippen molar-refractivity contribution in [1.29, 1.82) is 0 Å². The molecule has 0 bridgehead atoms. The number of esters is 1. The van der Waals surface area contributed by atoms with Crippen LogP contribution in [0.15, 0.2) is 73.1 Å². The Morgan fingerprint density at radius 2 is 1.84 bits per heavy atom. The van der Waals surface area contributed by atoms with E-state index >= 15 is 0 Å². The van der Waals surface area contributed by atoms with Crippen molar-refractivity contribution in [3.8, 4) is 0 Å². The predicted octanol–water partition coefficient (Wildman–Crippen LogP) is 4.65. The molecule has 0 saturated carbocycles. The maximum atomic E-state index is 11.1. The van der Waals surface area contributed by atoms with Crippen LogP contribution >= 0.6 is 0 Å². The van der Waals surface area contributed by atoms with Gasteiger partial charge < -0.3 is 25.1 Å². The molecule has 4 rings (SSSR count). The number of aromatic amines is 1. The summed E-state index contributed by atoms with van der Waals surface area (Å²) in [5, 5.41) is 8.12. The molecule has 0 aliphatic carbocycles. The van der Waals surface area contributed by atoms with Gasteiger partial charge in [0.2, 0.25) is 0 Å². The van der Waals surface area contributed by atoms with E-state index in [1.54, 1.807) is 6.20 Å². The van der Waals surface area contributed by atoms with Crippen molar-refractivity contribution in [2.75, 3.05) is 30.9 Å². The molecule has 32 heavy (non-hydrogen) atoms. The van der Waals surface area contributed by atoms with Gasteiger partial charge in [-0.3, -0.25) is 4.98 Å². The summed E-state index contributed by atoms with van der Waals surface area (Å²) in [5.41, 5.74) is 6.16. The Balaban J connectivity index is 1.27. The average molecular weight is 431 g/mol. The molecule has 0 atom stereocenters. The molecule has 0 spiro atoms. The van der Waals surface area contributed by atoms with E-state index in [1.807, 2.05) is 30.3 Å². The first kappa shape index (κ1) is 21.4. The first-order chi connectivity index (χ1) is 15.7. The smallest absolute Gasteiger partial charge is 0.331 e. The number of anilines is 3. The van der Waals surface area contributed by atoms with Gasteiger partial charge >= 0.3 is 5.97 Å². The van der Waals surface area contributed by atoms with Crippen LogP contribution in [0.5, 0.6) is 0 Å². The molecule has 0 radical (unpaired) electrons. The number of carbonyl (C=O) groups excluding carboxylic acids is 1. The summed E-state index contributed by atoms with van der Waals surface area (Å²) in [6.07, 6.45) is 4.74. The molecule has 0 amide bonds. The second-order valence-corrected chi connectivity index (χ2v) is 7.34. The number of H-pyrrole nitrogens is 1. The Morgan fingerprint density at radius 3 is 2.69 bits per heavy atom. The summed E-state index contributed by atoms with van der Waals surface area (Å²) in [4.78, 5) is 18.7. The van der Waals surface area contributed by atoms with Crippen LogP contribution in [0.3, 0.4) is 0 Å². The number of benzene rings is 2. The fourth-order valence-corrected chi connectivity index (χ4v) is 3.45. The number of carbonyl (C=O) groups is 1. The van der Waals surface area contributed by atoms with Crippen molar-refractivity contribution >= 4 is 33.9 Å². The van der Waals surface area contributed by atoms with Gasteiger partial charge in [-0.25, -0.2) is 4.79 Å². The normalized spacial score (nSPS) is 10.8. The summed E-state index contributed by atoms with van der Waals surface area (Å²) in [6, 6.07) is 20.3. The molecule has 2 aromatic heterocycles. The van der Waals surface area contributed by atoms with Crippen LogP contribution in [0.25, 0.3) is 10.9 Å². The molecule has 7 heteroatoms. The molecular weight excluding hydrogens is 404 g/mol. The number of nitrogens with one attached hydrogen (secondary N) is 3. The third-order valence-corrected chi connectivity index (χ3v) is 5.09. The lowest BCUT2D eigenvalue weighted by Gasteiger charge is -2.10. The zero-order valence-electron chi connectivity index (χ0n) is 17.9. The summed E-state index contributed by atoms with van der Waals surface area (Å²) in [5.74, 6) is -0.408. The Morgan fingerprint density at radius 1 is 1.03 bits per heavy atom. The Hall–Kier alpha value is -3.84. The first-order valence-corrected chi connectivity index (χ1v) is 10.5. The van der Waals surface area contributed by atoms with Gasteiger partial charge in [0, 0.05) is 46.9 Å². The minimum atomic E-state index is -0.408. The molecule has 164 valence electrons. The monoisotopic (exact) mass is 430 g/mol. The number of hydrogen-bond donors (Lipinski definition) is 3. The number of aromatic nitrogens is 2. The van der Waals surface area contributed by atoms with Crippen LogP contribution in [0.1, 0.15) is 11.3 Å². The Labute approximate surface area is 186 Å². The number of ether oxygens (including phenoxy) is 2. The minimum Gasteiger partial charge on any atom is -0.467 e. The molecule has 7 nitrogen and oxygen atoms in total. The largest absolute Gasteiger partial charge is 0.467 e. The molecular formula is C25H26N4O3. The van der Waals surface area contributed by atoms with Gasteiger partial charge in [0.05, 0.1) is 19.4 Å². The van der Waals surface area contributed by atoms with Crippen molar-refractivity contribution in [3.63, 3.8) is 0 Å². The Kier molecular flexibility index (Phi) is 6.99. The Bertz CT molecular complexity index is 1170. The van der Waals surface area contributed by atoms with Crippen LogP contribution < -0.4 is 10.6 Å². The molecule has 0 aliphatic heterocycles. The van der Waals surface area contributed by atoms with Crippen LogP contribution in [0, 0.1) is 0 Å². The topological polar surface area (TPSA) is 88.3 Å². The number of nitrogens with zero attached hydrogens (tertiary/aromatic N) is 1. The third kappa shape index (κ3) is 5.65. The van der Waals surface area contributed by atoms with Gasteiger partial charge in [0.25, 0.3) is 0 Å². The van der Waals surface area contributed by atoms with E-state index in [4.69, 9.17) is 4.74 Å². The highest BCUT2D eigenvalue weighted by atomic mass is 16.6. The molecule has 4 aromatic rings. The SMILES string of the molecule is COC(=O)COCc1cc(Nc2ccc(NCCc3c[nH]c4ccccc34)cc2)ccn1. The van der Waals surface area contributed by atoms with Crippen molar-refractivity contribution in [2.45, 2.75) is 13.0 Å². The maximum Gasteiger partial charge on any atom is 0.331 e. The van der Waals surface area contributed by atoms with Crippen molar-refractivity contribution in [3.05, 3.63) is 84.3 Å². The first-order valence-electron chi connectivity index (χ1n) is 10.5. The summed E-state index contributed by atoms with van der Waals surface area (Å²) >= 11 is 0. The molecule has 0 fully saturated rings. The molecule has 0 aliphatic rings. The second kappa shape index (κ2) is 10.5. The molecule has 2 aromatic carbocycles. The fourth-order valence-electron chi connectivity index (χ4n) is 3.45. The maximum absolute atomic E-state index is 11.1. The van der Waals surface area contributed by atoms with Gasteiger partial charge in [0.1, 0.15) is 6.61 Å². The van der Waals surface area contributed by atoms with Crippen LogP contribution in [0.4, 0.5) is 17.1 Å². The van der Waals surface area contributed by atoms with Gasteiger partial charge in [-0.05, 0) is 54.4 Å². The average Bonchev–Trinajstić information content (AvgIpc) is 3.23. The lowest BCUT2D eigenvalue weighted by molar-refractivity contribution is -0.146. The van der Waals surface area contributed by atoms with E-state index in [0.717, 1.165) is 35.7 Å².